The van der Waals surface area contributed by atoms with Gasteiger partial charge in [-0.05, 0) is 153 Å². The molecule has 5 aliphatic rings. The summed E-state index contributed by atoms with van der Waals surface area (Å²) in [6.07, 6.45) is -3.88. The molecule has 34 nitrogen and oxygen atoms in total. The number of amides is 6. The number of anilines is 2. The number of nitrogens with one attached hydrogen (secondary N) is 2. The molecule has 6 heterocycles. The molecule has 0 radical (unpaired) electrons. The lowest BCUT2D eigenvalue weighted by atomic mass is 9.55. The van der Waals surface area contributed by atoms with Crippen molar-refractivity contribution in [2.45, 2.75) is 187 Å². The number of carboxylic acids is 2. The molecule has 120 heavy (non-hydrogen) atoms. The van der Waals surface area contributed by atoms with E-state index in [1.165, 1.54) is 23.2 Å². The molecule has 10 N–H and O–H groups in total. The number of fused-ring (bicyclic) bond motifs is 4. The Morgan fingerprint density at radius 3 is 2.30 bits per heavy atom. The molecule has 1 saturated heterocycles. The number of aryl methyl sites for hydroxylation is 1. The van der Waals surface area contributed by atoms with Gasteiger partial charge >= 0.3 is 18.0 Å². The summed E-state index contributed by atoms with van der Waals surface area (Å²) in [6, 6.07) is 20.5. The fourth-order valence-corrected chi connectivity index (χ4v) is 18.6. The highest BCUT2D eigenvalue weighted by Crippen LogP contribution is 2.56. The summed E-state index contributed by atoms with van der Waals surface area (Å²) in [5.41, 5.74) is 5.12. The molecule has 648 valence electrons. The second kappa shape index (κ2) is 39.8. The van der Waals surface area contributed by atoms with E-state index >= 15 is 0 Å². The van der Waals surface area contributed by atoms with Crippen LogP contribution in [-0.4, -0.2) is 262 Å². The van der Waals surface area contributed by atoms with Crippen molar-refractivity contribution in [3.63, 3.8) is 0 Å². The van der Waals surface area contributed by atoms with E-state index in [1.54, 1.807) is 56.4 Å². The van der Waals surface area contributed by atoms with Crippen LogP contribution in [0, 0.1) is 36.0 Å². The van der Waals surface area contributed by atoms with Gasteiger partial charge in [0.2, 0.25) is 11.8 Å². The predicted molar refractivity (Wildman–Crippen MR) is 436 cm³/mol. The van der Waals surface area contributed by atoms with E-state index in [2.05, 4.69) is 29.5 Å². The van der Waals surface area contributed by atoms with Gasteiger partial charge in [-0.25, -0.2) is 24.4 Å². The van der Waals surface area contributed by atoms with Gasteiger partial charge in [0.05, 0.1) is 72.4 Å². The Bertz CT molecular complexity index is 4890. The number of Topliss-reactive ketones (excluding diaryl/α,β-unsaturated/α-hetero) is 2. The van der Waals surface area contributed by atoms with Gasteiger partial charge < -0.3 is 74.7 Å². The van der Waals surface area contributed by atoms with Crippen molar-refractivity contribution in [1.29, 1.82) is 0 Å². The molecule has 3 aromatic heterocycles. The number of benzene rings is 3. The Labute approximate surface area is 698 Å². The van der Waals surface area contributed by atoms with Crippen LogP contribution in [0.3, 0.4) is 0 Å². The van der Waals surface area contributed by atoms with Crippen LogP contribution in [0.25, 0.3) is 21.3 Å². The number of aromatic carboxylic acids is 1. The van der Waals surface area contributed by atoms with Crippen molar-refractivity contribution in [3.8, 4) is 11.1 Å². The van der Waals surface area contributed by atoms with Crippen LogP contribution >= 0.6 is 11.3 Å². The first kappa shape index (κ1) is 90.9. The second-order valence-corrected chi connectivity index (χ2v) is 35.5. The minimum atomic E-state index is -4.36. The Morgan fingerprint density at radius 1 is 0.833 bits per heavy atom. The zero-order chi connectivity index (χ0) is 86.7. The van der Waals surface area contributed by atoms with Crippen LogP contribution in [-0.2, 0) is 102 Å². The number of carbonyl (C=O) groups is 10. The number of aliphatic carboxylic acids is 1. The van der Waals surface area contributed by atoms with Crippen LogP contribution in [0.2, 0.25) is 0 Å². The van der Waals surface area contributed by atoms with Gasteiger partial charge in [0, 0.05) is 106 Å². The number of para-hydroxylation sites is 1. The van der Waals surface area contributed by atoms with Gasteiger partial charge in [-0.15, -0.1) is 0 Å². The molecule has 0 spiro atoms. The van der Waals surface area contributed by atoms with Crippen molar-refractivity contribution >= 4 is 102 Å². The summed E-state index contributed by atoms with van der Waals surface area (Å²) in [6.45, 7) is 9.76. The maximum atomic E-state index is 14.5. The van der Waals surface area contributed by atoms with E-state index < -0.39 is 156 Å². The Balaban J connectivity index is 0.733. The molecule has 2 aliphatic carbocycles. The van der Waals surface area contributed by atoms with E-state index in [1.807, 2.05) is 52.9 Å². The third-order valence-electron chi connectivity index (χ3n) is 23.3. The van der Waals surface area contributed by atoms with Crippen LogP contribution < -0.4 is 15.5 Å². The SMILES string of the molecule is Cc1c(-c2ccc(N3CCc4cccc(C(=O)Nc5nc6ccccc6s5)c4C3)nc2C(=O)O)cnn1CC1CC2(C)CC(C)CC(OCCN(CCC(O)CO)C(=O)OCc3ccc(CC(=O)[C@H](C)NC(=O)[C@@H](CC(=O)CCN(CCOCCS(=O)(=O)O)C(=O)CN4C(=O)C=CC4=O)C(C)C)cc3CC[C@@H]3O[C@H](C(=O)O)[C@@H](O)[C@H](O)[C@H]3O)(C1)C2. The number of aliphatic hydroxyl groups excluding tert-OH is 5. The third kappa shape index (κ3) is 23.0. The van der Waals surface area contributed by atoms with E-state index in [0.717, 1.165) is 63.4 Å². The lowest BCUT2D eigenvalue weighted by molar-refractivity contribution is -0.228. The highest BCUT2D eigenvalue weighted by molar-refractivity contribution is 7.85. The number of ketones is 2. The molecule has 6 aromatic rings. The van der Waals surface area contributed by atoms with Crippen molar-refractivity contribution in [2.24, 2.45) is 29.1 Å². The summed E-state index contributed by atoms with van der Waals surface area (Å²) in [7, 11) is -4.36. The number of pyridine rings is 1. The lowest BCUT2D eigenvalue weighted by Gasteiger charge is -2.55. The fraction of sp³-hybridized carbons (Fsp3) is 0.536. The van der Waals surface area contributed by atoms with Gasteiger partial charge in [-0.1, -0.05) is 81.5 Å². The molecule has 2 saturated carbocycles. The van der Waals surface area contributed by atoms with Crippen molar-refractivity contribution < 1.29 is 116 Å². The van der Waals surface area contributed by atoms with Gasteiger partial charge in [0.25, 0.3) is 27.8 Å². The average Bonchev–Trinajstić information content (AvgIpc) is 1.18. The zero-order valence-electron chi connectivity index (χ0n) is 67.9. The van der Waals surface area contributed by atoms with E-state index in [4.69, 9.17) is 33.6 Å². The first-order valence-electron chi connectivity index (χ1n) is 40.3. The Kier molecular flexibility index (Phi) is 30.1. The van der Waals surface area contributed by atoms with Gasteiger partial charge in [-0.2, -0.15) is 13.5 Å². The largest absolute Gasteiger partial charge is 0.479 e. The minimum Gasteiger partial charge on any atom is -0.479 e. The highest BCUT2D eigenvalue weighted by Gasteiger charge is 2.52. The highest BCUT2D eigenvalue weighted by atomic mass is 32.2. The summed E-state index contributed by atoms with van der Waals surface area (Å²) >= 11 is 1.39. The molecule has 3 fully saturated rings. The molecule has 11 rings (SSSR count). The third-order valence-corrected chi connectivity index (χ3v) is 24.9. The first-order valence-corrected chi connectivity index (χ1v) is 42.8. The number of carbonyl (C=O) groups excluding carboxylic acids is 8. The molecule has 3 aliphatic heterocycles. The van der Waals surface area contributed by atoms with Crippen molar-refractivity contribution in [2.75, 3.05) is 81.7 Å². The number of nitrogens with zero attached hydrogens (tertiary/aromatic N) is 8. The van der Waals surface area contributed by atoms with E-state index in [0.29, 0.717) is 88.1 Å². The van der Waals surface area contributed by atoms with Crippen LogP contribution in [0.4, 0.5) is 15.7 Å². The topological polar surface area (TPSA) is 484 Å². The normalized spacial score (nSPS) is 22.4. The van der Waals surface area contributed by atoms with Crippen molar-refractivity contribution in [3.05, 3.63) is 136 Å². The molecular weight excluding hydrogens is 1600 g/mol. The van der Waals surface area contributed by atoms with Gasteiger partial charge in [0.15, 0.2) is 22.7 Å². The maximum absolute atomic E-state index is 14.5. The van der Waals surface area contributed by atoms with Crippen LogP contribution in [0.1, 0.15) is 147 Å². The molecule has 2 bridgehead atoms. The van der Waals surface area contributed by atoms with Gasteiger partial charge in [-0.3, -0.25) is 53.0 Å². The fourth-order valence-electron chi connectivity index (χ4n) is 17.4. The molecule has 6 amide bonds. The quantitative estimate of drug-likeness (QED) is 0.0129. The summed E-state index contributed by atoms with van der Waals surface area (Å²) in [5, 5.41) is 84.4. The summed E-state index contributed by atoms with van der Waals surface area (Å²) in [4.78, 5) is 148. The maximum Gasteiger partial charge on any atom is 0.410 e. The number of hydrogen-bond acceptors (Lipinski definition) is 26. The van der Waals surface area contributed by atoms with Crippen LogP contribution in [0.5, 0.6) is 0 Å². The lowest BCUT2D eigenvalue weighted by Crippen LogP contribution is -2.59. The summed E-state index contributed by atoms with van der Waals surface area (Å²) in [5.74, 6) is -8.26. The van der Waals surface area contributed by atoms with Crippen molar-refractivity contribution in [1.82, 2.24) is 39.8 Å². The number of ether oxygens (including phenoxy) is 4. The van der Waals surface area contributed by atoms with Crippen LogP contribution in [0.15, 0.2) is 91.1 Å². The molecule has 3 aromatic carbocycles. The van der Waals surface area contributed by atoms with E-state index in [-0.39, 0.29) is 107 Å². The summed E-state index contributed by atoms with van der Waals surface area (Å²) < 4.78 is 58.3. The Hall–Kier alpha value is -9.86. The average molecular weight is 1700 g/mol. The number of imide groups is 1. The smallest absolute Gasteiger partial charge is 0.410 e. The molecule has 12 atom stereocenters. The number of carboxylic acid groups (broad SMARTS) is 2. The molecule has 5 unspecified atom stereocenters. The van der Waals surface area contributed by atoms with E-state index in [9.17, 15) is 92.1 Å². The second-order valence-electron chi connectivity index (χ2n) is 32.9. The number of aliphatic hydroxyl groups is 5. The first-order chi connectivity index (χ1) is 57.0. The Morgan fingerprint density at radius 2 is 1.58 bits per heavy atom. The predicted octanol–water partition coefficient (Wildman–Crippen LogP) is 5.51. The molecular formula is C84H106N10O24S2. The molecule has 36 heteroatoms. The number of rotatable bonds is 40. The minimum absolute atomic E-state index is 0.00573. The zero-order valence-corrected chi connectivity index (χ0v) is 69.5. The number of hydrogen-bond donors (Lipinski definition) is 10. The number of aromatic nitrogens is 4. The monoisotopic (exact) mass is 1700 g/mol. The van der Waals surface area contributed by atoms with Gasteiger partial charge in [0.1, 0.15) is 43.1 Å². The standard InChI is InChI=1S/C84H106N10O24S2/c1-48(2)61(36-57(96)23-26-90(28-30-115-32-33-120(112,113)114)71(101)44-93-69(99)20-21-70(93)100)78(106)86-50(4)65(98)35-52-14-15-56(55(34-52)16-18-66-73(102)74(103)75(104)76(118-66)80(109)110)46-116-82(111)91(27-24-58(97)45-95)29-31-117-84-38-49(3)37-83(6,47-84)39-53(40-84)42-94-51(5)62(41-85-94)59-17-19-68(88-72(59)79(107)108)92-25-22-54-10-9-11-60(63(54)43-92)77(105)89-81-87-64-12-7-8-13-67(64)119-81/h7-15,17,19-21,34,41,48-50,53,58,61,66,73-76,95,97,102-104H,16,18,22-33,35-40,42-47H2,1-6H3,(H,86,106)(H,107,108)(H,109,110)(H,87,89,105)(H,112,113,114)/t49?,50-,53?,58?,61-,66-,73-,74+,75-,76-,83?,84?/m0/s1. The number of thiazole rings is 1.